The molecule has 4 rings (SSSR count). The van der Waals surface area contributed by atoms with Gasteiger partial charge in [0.1, 0.15) is 5.69 Å². The monoisotopic (exact) mass is 417 g/mol. The predicted molar refractivity (Wildman–Crippen MR) is 117 cm³/mol. The number of carbonyl (C=O) groups is 1. The lowest BCUT2D eigenvalue weighted by atomic mass is 10.1. The topological polar surface area (TPSA) is 79.4 Å². The van der Waals surface area contributed by atoms with E-state index in [0.717, 1.165) is 11.1 Å². The van der Waals surface area contributed by atoms with Gasteiger partial charge < -0.3 is 5.32 Å². The van der Waals surface area contributed by atoms with Crippen LogP contribution >= 0.6 is 0 Å². The van der Waals surface area contributed by atoms with E-state index in [0.29, 0.717) is 35.6 Å². The number of sulfonamides is 1. The second-order valence-electron chi connectivity index (χ2n) is 6.93. The molecule has 0 saturated carbocycles. The van der Waals surface area contributed by atoms with Gasteiger partial charge in [-0.25, -0.2) is 13.4 Å². The van der Waals surface area contributed by atoms with E-state index >= 15 is 0 Å². The third-order valence-electron chi connectivity index (χ3n) is 4.72. The van der Waals surface area contributed by atoms with Crippen LogP contribution in [0.3, 0.4) is 0 Å². The minimum Gasteiger partial charge on any atom is -0.322 e. The van der Waals surface area contributed by atoms with E-state index in [4.69, 9.17) is 0 Å². The zero-order valence-corrected chi connectivity index (χ0v) is 17.1. The molecule has 0 atom stereocenters. The van der Waals surface area contributed by atoms with Crippen LogP contribution in [0.2, 0.25) is 0 Å². The quantitative estimate of drug-likeness (QED) is 0.665. The highest BCUT2D eigenvalue weighted by molar-refractivity contribution is 7.92. The molecule has 7 heteroatoms. The lowest BCUT2D eigenvalue weighted by molar-refractivity contribution is 0.102. The van der Waals surface area contributed by atoms with Crippen molar-refractivity contribution >= 4 is 27.3 Å². The molecule has 0 radical (unpaired) electrons. The highest BCUT2D eigenvalue weighted by atomic mass is 32.2. The molecule has 1 N–H and O–H groups in total. The molecule has 0 saturated heterocycles. The van der Waals surface area contributed by atoms with Gasteiger partial charge >= 0.3 is 0 Å². The summed E-state index contributed by atoms with van der Waals surface area (Å²) in [4.78, 5) is 16.9. The highest BCUT2D eigenvalue weighted by Crippen LogP contribution is 2.30. The summed E-state index contributed by atoms with van der Waals surface area (Å²) in [5, 5.41) is 2.88. The van der Waals surface area contributed by atoms with Crippen molar-refractivity contribution in [2.24, 2.45) is 0 Å². The molecule has 3 aromatic rings. The SMILES string of the molecule is CS(=O)(=O)N1CCc2cc(C(=O)Nc3cccc(C#Cc4ccccn4)c3)ccc21. The van der Waals surface area contributed by atoms with Crippen LogP contribution in [0.25, 0.3) is 0 Å². The van der Waals surface area contributed by atoms with Crippen LogP contribution in [0.15, 0.2) is 66.9 Å². The Morgan fingerprint density at radius 1 is 1.07 bits per heavy atom. The molecule has 0 aliphatic carbocycles. The molecule has 1 amide bonds. The summed E-state index contributed by atoms with van der Waals surface area (Å²) in [7, 11) is -3.31. The summed E-state index contributed by atoms with van der Waals surface area (Å²) >= 11 is 0. The molecule has 30 heavy (non-hydrogen) atoms. The fourth-order valence-corrected chi connectivity index (χ4v) is 4.27. The summed E-state index contributed by atoms with van der Waals surface area (Å²) < 4.78 is 25.1. The average molecular weight is 417 g/mol. The normalized spacial score (nSPS) is 12.6. The van der Waals surface area contributed by atoms with E-state index in [9.17, 15) is 13.2 Å². The number of rotatable bonds is 3. The van der Waals surface area contributed by atoms with Crippen molar-refractivity contribution in [1.29, 1.82) is 0 Å². The van der Waals surface area contributed by atoms with Crippen molar-refractivity contribution in [2.75, 3.05) is 22.4 Å². The lowest BCUT2D eigenvalue weighted by Crippen LogP contribution is -2.27. The van der Waals surface area contributed by atoms with Crippen LogP contribution in [0.5, 0.6) is 0 Å². The van der Waals surface area contributed by atoms with E-state index in [1.165, 1.54) is 10.6 Å². The maximum Gasteiger partial charge on any atom is 0.255 e. The van der Waals surface area contributed by atoms with E-state index in [1.807, 2.05) is 30.3 Å². The first-order valence-electron chi connectivity index (χ1n) is 9.35. The van der Waals surface area contributed by atoms with Gasteiger partial charge in [-0.1, -0.05) is 18.1 Å². The number of amides is 1. The Kier molecular flexibility index (Phi) is 5.25. The molecule has 1 aliphatic heterocycles. The Labute approximate surface area is 175 Å². The molecule has 1 aromatic heterocycles. The number of aromatic nitrogens is 1. The van der Waals surface area contributed by atoms with Crippen molar-refractivity contribution < 1.29 is 13.2 Å². The van der Waals surface area contributed by atoms with Gasteiger partial charge in [0.2, 0.25) is 10.0 Å². The van der Waals surface area contributed by atoms with Crippen molar-refractivity contribution in [1.82, 2.24) is 4.98 Å². The van der Waals surface area contributed by atoms with Crippen molar-refractivity contribution in [2.45, 2.75) is 6.42 Å². The number of hydrogen-bond acceptors (Lipinski definition) is 4. The summed E-state index contributed by atoms with van der Waals surface area (Å²) in [5.41, 5.74) is 4.04. The minimum atomic E-state index is -3.31. The Balaban J connectivity index is 1.51. The standard InChI is InChI=1S/C23H19N3O3S/c1-30(28,29)26-14-12-18-16-19(9-11-22(18)26)23(27)25-21-7-4-5-17(15-21)8-10-20-6-2-3-13-24-20/h2-7,9,11,13,15-16H,12,14H2,1H3,(H,25,27). The van der Waals surface area contributed by atoms with Crippen LogP contribution in [-0.4, -0.2) is 32.1 Å². The summed E-state index contributed by atoms with van der Waals surface area (Å²) in [6, 6.07) is 17.9. The van der Waals surface area contributed by atoms with Gasteiger partial charge in [0.25, 0.3) is 5.91 Å². The molecule has 0 unspecified atom stereocenters. The molecule has 2 aromatic carbocycles. The lowest BCUT2D eigenvalue weighted by Gasteiger charge is -2.16. The molecule has 0 bridgehead atoms. The van der Waals surface area contributed by atoms with Gasteiger partial charge in [0, 0.05) is 29.6 Å². The molecule has 0 fully saturated rings. The highest BCUT2D eigenvalue weighted by Gasteiger charge is 2.26. The molecular formula is C23H19N3O3S. The molecule has 0 spiro atoms. The first-order valence-corrected chi connectivity index (χ1v) is 11.2. The first-order chi connectivity index (χ1) is 14.4. The Morgan fingerprint density at radius 2 is 1.93 bits per heavy atom. The van der Waals surface area contributed by atoms with E-state index in [2.05, 4.69) is 22.1 Å². The maximum absolute atomic E-state index is 12.7. The zero-order valence-electron chi connectivity index (χ0n) is 16.3. The second-order valence-corrected chi connectivity index (χ2v) is 8.84. The number of hydrogen-bond donors (Lipinski definition) is 1. The van der Waals surface area contributed by atoms with Gasteiger partial charge in [-0.2, -0.15) is 0 Å². The predicted octanol–water partition coefficient (Wildman–Crippen LogP) is 3.06. The third-order valence-corrected chi connectivity index (χ3v) is 5.90. The molecule has 2 heterocycles. The van der Waals surface area contributed by atoms with Crippen LogP contribution in [-0.2, 0) is 16.4 Å². The minimum absolute atomic E-state index is 0.259. The zero-order chi connectivity index (χ0) is 21.1. The van der Waals surface area contributed by atoms with Gasteiger partial charge in [-0.05, 0) is 66.4 Å². The van der Waals surface area contributed by atoms with Crippen molar-refractivity contribution in [3.05, 3.63) is 89.2 Å². The Morgan fingerprint density at radius 3 is 2.70 bits per heavy atom. The van der Waals surface area contributed by atoms with Gasteiger partial charge in [-0.15, -0.1) is 0 Å². The molecule has 1 aliphatic rings. The van der Waals surface area contributed by atoms with E-state index in [-0.39, 0.29) is 5.91 Å². The fraction of sp³-hybridized carbons (Fsp3) is 0.130. The molecule has 6 nitrogen and oxygen atoms in total. The third kappa shape index (κ3) is 4.34. The number of benzene rings is 2. The molecule has 150 valence electrons. The summed E-state index contributed by atoms with van der Waals surface area (Å²) in [6.45, 7) is 0.399. The number of pyridine rings is 1. The van der Waals surface area contributed by atoms with Crippen LogP contribution in [0.1, 0.15) is 27.2 Å². The van der Waals surface area contributed by atoms with Crippen molar-refractivity contribution in [3.63, 3.8) is 0 Å². The van der Waals surface area contributed by atoms with Crippen LogP contribution in [0, 0.1) is 11.8 Å². The second kappa shape index (κ2) is 8.01. The summed E-state index contributed by atoms with van der Waals surface area (Å²) in [5.74, 6) is 5.77. The number of nitrogens with zero attached hydrogens (tertiary/aromatic N) is 2. The fourth-order valence-electron chi connectivity index (χ4n) is 3.31. The Bertz CT molecular complexity index is 1280. The van der Waals surface area contributed by atoms with Crippen molar-refractivity contribution in [3.8, 4) is 11.8 Å². The van der Waals surface area contributed by atoms with Crippen LogP contribution in [0.4, 0.5) is 11.4 Å². The number of fused-ring (bicyclic) bond motifs is 1. The van der Waals surface area contributed by atoms with Gasteiger partial charge in [0.05, 0.1) is 11.9 Å². The number of anilines is 2. The van der Waals surface area contributed by atoms with Gasteiger partial charge in [0.15, 0.2) is 0 Å². The Hall–Kier alpha value is -3.63. The van der Waals surface area contributed by atoms with E-state index < -0.39 is 10.0 Å². The average Bonchev–Trinajstić information content (AvgIpc) is 3.17. The smallest absolute Gasteiger partial charge is 0.255 e. The number of nitrogens with one attached hydrogen (secondary N) is 1. The summed E-state index contributed by atoms with van der Waals surface area (Å²) in [6.07, 6.45) is 3.46. The first kappa shape index (κ1) is 19.7. The largest absolute Gasteiger partial charge is 0.322 e. The van der Waals surface area contributed by atoms with Crippen LogP contribution < -0.4 is 9.62 Å². The number of carbonyl (C=O) groups excluding carboxylic acids is 1. The van der Waals surface area contributed by atoms with Gasteiger partial charge in [-0.3, -0.25) is 9.10 Å². The maximum atomic E-state index is 12.7. The molecular weight excluding hydrogens is 398 g/mol. The van der Waals surface area contributed by atoms with E-state index in [1.54, 1.807) is 36.5 Å².